The van der Waals surface area contributed by atoms with Crippen molar-refractivity contribution in [1.82, 2.24) is 5.32 Å². The number of phenolic OH excluding ortho intramolecular Hbond substituents is 1. The Hall–Kier alpha value is -0.0600. The first-order valence-electron chi connectivity index (χ1n) is 4.57. The fourth-order valence-corrected chi connectivity index (χ4v) is 2.55. The van der Waals surface area contributed by atoms with Gasteiger partial charge < -0.3 is 10.4 Å². The summed E-state index contributed by atoms with van der Waals surface area (Å²) in [5.41, 5.74) is 1.17. The summed E-state index contributed by atoms with van der Waals surface area (Å²) in [6.07, 6.45) is 2.58. The van der Waals surface area contributed by atoms with Crippen LogP contribution in [0.4, 0.5) is 0 Å². The number of rotatable bonds is 3. The number of aromatic hydroxyl groups is 1. The molecule has 2 rings (SSSR count). The standard InChI is InChI=1S/C10H11Br2NO/c11-8-3-6(4-9(12)10(8)14)5-13-7-1-2-7/h3-4,7,13-14H,1-2,5H2. The lowest BCUT2D eigenvalue weighted by atomic mass is 10.2. The fourth-order valence-electron chi connectivity index (χ4n) is 1.27. The summed E-state index contributed by atoms with van der Waals surface area (Å²) in [7, 11) is 0. The van der Waals surface area contributed by atoms with Crippen LogP contribution in [0.3, 0.4) is 0 Å². The van der Waals surface area contributed by atoms with E-state index in [2.05, 4.69) is 37.2 Å². The molecule has 0 aliphatic heterocycles. The summed E-state index contributed by atoms with van der Waals surface area (Å²) >= 11 is 6.62. The van der Waals surface area contributed by atoms with E-state index in [1.165, 1.54) is 18.4 Å². The van der Waals surface area contributed by atoms with Gasteiger partial charge in [0.1, 0.15) is 5.75 Å². The van der Waals surface area contributed by atoms with Crippen LogP contribution in [0.15, 0.2) is 21.1 Å². The van der Waals surface area contributed by atoms with Crippen LogP contribution in [-0.2, 0) is 6.54 Å². The predicted octanol–water partition coefficient (Wildman–Crippen LogP) is 3.17. The van der Waals surface area contributed by atoms with Gasteiger partial charge in [-0.25, -0.2) is 0 Å². The predicted molar refractivity (Wildman–Crippen MR) is 63.4 cm³/mol. The Bertz CT molecular complexity index is 327. The van der Waals surface area contributed by atoms with Crippen LogP contribution in [0.5, 0.6) is 5.75 Å². The monoisotopic (exact) mass is 319 g/mol. The molecule has 1 aromatic rings. The minimum Gasteiger partial charge on any atom is -0.506 e. The normalized spacial score (nSPS) is 15.9. The van der Waals surface area contributed by atoms with Gasteiger partial charge in [-0.1, -0.05) is 0 Å². The first-order chi connectivity index (χ1) is 6.66. The summed E-state index contributed by atoms with van der Waals surface area (Å²) in [4.78, 5) is 0. The lowest BCUT2D eigenvalue weighted by Gasteiger charge is -2.06. The van der Waals surface area contributed by atoms with Crippen molar-refractivity contribution >= 4 is 31.9 Å². The summed E-state index contributed by atoms with van der Waals surface area (Å²) in [6.45, 7) is 0.863. The van der Waals surface area contributed by atoms with Crippen molar-refractivity contribution in [2.45, 2.75) is 25.4 Å². The molecule has 0 radical (unpaired) electrons. The highest BCUT2D eigenvalue weighted by Crippen LogP contribution is 2.33. The molecule has 0 bridgehead atoms. The molecule has 1 fully saturated rings. The Morgan fingerprint density at radius 2 is 1.86 bits per heavy atom. The van der Waals surface area contributed by atoms with E-state index in [9.17, 15) is 5.11 Å². The summed E-state index contributed by atoms with van der Waals surface area (Å²) in [5, 5.41) is 12.9. The van der Waals surface area contributed by atoms with E-state index in [-0.39, 0.29) is 5.75 Å². The van der Waals surface area contributed by atoms with E-state index < -0.39 is 0 Å². The Balaban J connectivity index is 2.08. The minimum atomic E-state index is 0.264. The first kappa shape index (κ1) is 10.5. The average molecular weight is 321 g/mol. The van der Waals surface area contributed by atoms with Crippen molar-refractivity contribution in [1.29, 1.82) is 0 Å². The highest BCUT2D eigenvalue weighted by Gasteiger charge is 2.20. The molecule has 0 aromatic heterocycles. The molecular formula is C10H11Br2NO. The van der Waals surface area contributed by atoms with Gasteiger partial charge in [0.15, 0.2) is 0 Å². The number of halogens is 2. The van der Waals surface area contributed by atoms with Crippen molar-refractivity contribution < 1.29 is 5.11 Å². The molecule has 0 heterocycles. The second-order valence-corrected chi connectivity index (χ2v) is 5.27. The van der Waals surface area contributed by atoms with Crippen LogP contribution in [0.2, 0.25) is 0 Å². The zero-order valence-corrected chi connectivity index (χ0v) is 10.7. The molecule has 0 amide bonds. The highest BCUT2D eigenvalue weighted by atomic mass is 79.9. The van der Waals surface area contributed by atoms with E-state index in [0.717, 1.165) is 15.5 Å². The Labute approximate surface area is 100.0 Å². The van der Waals surface area contributed by atoms with E-state index in [1.54, 1.807) is 0 Å². The summed E-state index contributed by atoms with van der Waals surface area (Å²) in [5.74, 6) is 0.264. The van der Waals surface area contributed by atoms with Crippen LogP contribution >= 0.6 is 31.9 Å². The molecule has 4 heteroatoms. The van der Waals surface area contributed by atoms with Crippen LogP contribution in [0, 0.1) is 0 Å². The number of hydrogen-bond acceptors (Lipinski definition) is 2. The van der Waals surface area contributed by atoms with E-state index in [0.29, 0.717) is 6.04 Å². The van der Waals surface area contributed by atoms with E-state index >= 15 is 0 Å². The third-order valence-electron chi connectivity index (χ3n) is 2.25. The third kappa shape index (κ3) is 2.49. The Morgan fingerprint density at radius 1 is 1.29 bits per heavy atom. The molecule has 1 aromatic carbocycles. The second-order valence-electron chi connectivity index (χ2n) is 3.56. The van der Waals surface area contributed by atoms with Gasteiger partial charge in [-0.15, -0.1) is 0 Å². The van der Waals surface area contributed by atoms with Gasteiger partial charge in [0.05, 0.1) is 8.95 Å². The SMILES string of the molecule is Oc1c(Br)cc(CNC2CC2)cc1Br. The van der Waals surface area contributed by atoms with Gasteiger partial charge in [-0.05, 0) is 62.4 Å². The number of hydrogen-bond donors (Lipinski definition) is 2. The first-order valence-corrected chi connectivity index (χ1v) is 6.15. The van der Waals surface area contributed by atoms with Crippen molar-refractivity contribution in [2.24, 2.45) is 0 Å². The van der Waals surface area contributed by atoms with Crippen LogP contribution in [0.1, 0.15) is 18.4 Å². The second kappa shape index (κ2) is 4.21. The zero-order chi connectivity index (χ0) is 10.1. The van der Waals surface area contributed by atoms with E-state index in [4.69, 9.17) is 0 Å². The molecule has 0 unspecified atom stereocenters. The Kier molecular flexibility index (Phi) is 3.14. The third-order valence-corrected chi connectivity index (χ3v) is 3.46. The molecule has 2 nitrogen and oxygen atoms in total. The molecular weight excluding hydrogens is 310 g/mol. The van der Waals surface area contributed by atoms with Crippen molar-refractivity contribution in [3.05, 3.63) is 26.6 Å². The smallest absolute Gasteiger partial charge is 0.143 e. The number of benzene rings is 1. The van der Waals surface area contributed by atoms with Crippen molar-refractivity contribution in [3.8, 4) is 5.75 Å². The van der Waals surface area contributed by atoms with Crippen molar-refractivity contribution in [3.63, 3.8) is 0 Å². The van der Waals surface area contributed by atoms with E-state index in [1.807, 2.05) is 12.1 Å². The zero-order valence-electron chi connectivity index (χ0n) is 7.56. The minimum absolute atomic E-state index is 0.264. The van der Waals surface area contributed by atoms with Gasteiger partial charge >= 0.3 is 0 Å². The largest absolute Gasteiger partial charge is 0.506 e. The molecule has 14 heavy (non-hydrogen) atoms. The maximum absolute atomic E-state index is 9.51. The fraction of sp³-hybridized carbons (Fsp3) is 0.400. The summed E-state index contributed by atoms with van der Waals surface area (Å²) < 4.78 is 1.47. The maximum atomic E-state index is 9.51. The molecule has 2 N–H and O–H groups in total. The van der Waals surface area contributed by atoms with Crippen molar-refractivity contribution in [2.75, 3.05) is 0 Å². The molecule has 0 atom stereocenters. The molecule has 1 saturated carbocycles. The van der Waals surface area contributed by atoms with Gasteiger partial charge in [-0.3, -0.25) is 0 Å². The van der Waals surface area contributed by atoms with Crippen LogP contribution in [0.25, 0.3) is 0 Å². The quantitative estimate of drug-likeness (QED) is 0.896. The molecule has 0 spiro atoms. The van der Waals surface area contributed by atoms with Gasteiger partial charge in [0.25, 0.3) is 0 Å². The highest BCUT2D eigenvalue weighted by molar-refractivity contribution is 9.11. The average Bonchev–Trinajstić information content (AvgIpc) is 2.94. The molecule has 0 saturated heterocycles. The van der Waals surface area contributed by atoms with Gasteiger partial charge in [0, 0.05) is 12.6 Å². The lowest BCUT2D eigenvalue weighted by molar-refractivity contribution is 0.468. The molecule has 76 valence electrons. The van der Waals surface area contributed by atoms with Gasteiger partial charge in [0.2, 0.25) is 0 Å². The Morgan fingerprint density at radius 3 is 2.36 bits per heavy atom. The summed E-state index contributed by atoms with van der Waals surface area (Å²) in [6, 6.07) is 4.59. The number of phenols is 1. The topological polar surface area (TPSA) is 32.3 Å². The molecule has 1 aliphatic carbocycles. The number of nitrogens with one attached hydrogen (secondary N) is 1. The van der Waals surface area contributed by atoms with Crippen LogP contribution in [-0.4, -0.2) is 11.1 Å². The lowest BCUT2D eigenvalue weighted by Crippen LogP contribution is -2.15. The maximum Gasteiger partial charge on any atom is 0.143 e. The van der Waals surface area contributed by atoms with Gasteiger partial charge in [-0.2, -0.15) is 0 Å². The molecule has 1 aliphatic rings. The van der Waals surface area contributed by atoms with Crippen LogP contribution < -0.4 is 5.32 Å².